The van der Waals surface area contributed by atoms with Crippen LogP contribution in [0.4, 0.5) is 18.9 Å². The molecule has 0 unspecified atom stereocenters. The van der Waals surface area contributed by atoms with Crippen LogP contribution in [0, 0.1) is 12.3 Å². The fourth-order valence-electron chi connectivity index (χ4n) is 3.57. The topological polar surface area (TPSA) is 156 Å². The van der Waals surface area contributed by atoms with E-state index in [9.17, 15) is 36.0 Å². The van der Waals surface area contributed by atoms with Crippen LogP contribution in [0.1, 0.15) is 16.9 Å². The molecule has 3 aromatic rings. The van der Waals surface area contributed by atoms with Gasteiger partial charge in [-0.2, -0.15) is 24.9 Å². The molecule has 0 aliphatic heterocycles. The van der Waals surface area contributed by atoms with Crippen molar-refractivity contribution < 1.29 is 40.7 Å². The van der Waals surface area contributed by atoms with Crippen molar-refractivity contribution in [1.82, 2.24) is 0 Å². The van der Waals surface area contributed by atoms with E-state index in [0.717, 1.165) is 34.2 Å². The third kappa shape index (κ3) is 8.36. The van der Waals surface area contributed by atoms with Gasteiger partial charge in [0.05, 0.1) is 31.1 Å². The van der Waals surface area contributed by atoms with Crippen molar-refractivity contribution in [3.63, 3.8) is 0 Å². The van der Waals surface area contributed by atoms with Gasteiger partial charge in [-0.15, -0.1) is 23.1 Å². The number of nitrogen functional groups attached to an aromatic ring is 1. The summed E-state index contributed by atoms with van der Waals surface area (Å²) in [6, 6.07) is 12.9. The number of amidine groups is 1. The largest absolute Gasteiger partial charge is 0.491 e. The Hall–Kier alpha value is -3.34. The quantitative estimate of drug-likeness (QED) is 0.0624. The molecule has 0 fully saturated rings. The van der Waals surface area contributed by atoms with Crippen LogP contribution >= 0.6 is 34.9 Å². The van der Waals surface area contributed by atoms with Gasteiger partial charge in [-0.3, -0.25) is 15.0 Å². The number of amides is 1. The maximum Gasteiger partial charge on any atom is 0.491 e. The Labute approximate surface area is 251 Å². The molecule has 224 valence electrons. The van der Waals surface area contributed by atoms with E-state index in [1.54, 1.807) is 49.6 Å². The first-order valence-corrected chi connectivity index (χ1v) is 16.5. The molecular weight excluding hydrogens is 636 g/mol. The zero-order valence-corrected chi connectivity index (χ0v) is 25.3. The van der Waals surface area contributed by atoms with E-state index in [2.05, 4.69) is 10.1 Å². The first-order valence-electron chi connectivity index (χ1n) is 11.8. The van der Waals surface area contributed by atoms with Gasteiger partial charge < -0.3 is 15.8 Å². The van der Waals surface area contributed by atoms with Crippen LogP contribution in [0.5, 0.6) is 0 Å². The van der Waals surface area contributed by atoms with Crippen molar-refractivity contribution in [3.05, 3.63) is 59.0 Å². The highest BCUT2D eigenvalue weighted by molar-refractivity contribution is 8.01. The number of carbonyl (C=O) groups excluding carboxylic acids is 3. The second-order valence-electron chi connectivity index (χ2n) is 8.55. The lowest BCUT2D eigenvalue weighted by molar-refractivity contribution is -0.201. The summed E-state index contributed by atoms with van der Waals surface area (Å²) >= 11 is 3.37. The molecule has 0 spiro atoms. The summed E-state index contributed by atoms with van der Waals surface area (Å²) in [7, 11) is -3.91. The molecule has 16 heteroatoms. The number of carbonyl (C=O) groups is 3. The second-order valence-corrected chi connectivity index (χ2v) is 13.7. The Bertz CT molecular complexity index is 1640. The highest BCUT2D eigenvalue weighted by atomic mass is 32.2. The number of hydrogen-bond acceptors (Lipinski definition) is 10. The summed E-state index contributed by atoms with van der Waals surface area (Å²) in [6.45, 7) is 1.79. The Morgan fingerprint density at radius 1 is 1.12 bits per heavy atom. The highest BCUT2D eigenvalue weighted by Gasteiger charge is 2.42. The van der Waals surface area contributed by atoms with Crippen molar-refractivity contribution in [2.24, 2.45) is 5.73 Å². The van der Waals surface area contributed by atoms with Crippen molar-refractivity contribution in [2.75, 3.05) is 23.1 Å². The summed E-state index contributed by atoms with van der Waals surface area (Å²) in [5.74, 6) is -4.70. The normalized spacial score (nSPS) is 11.6. The minimum atomic E-state index is -5.26. The summed E-state index contributed by atoms with van der Waals surface area (Å²) in [6.07, 6.45) is -4.00. The van der Waals surface area contributed by atoms with E-state index in [1.807, 2.05) is 0 Å². The van der Waals surface area contributed by atoms with Crippen LogP contribution in [0.3, 0.4) is 0 Å². The van der Waals surface area contributed by atoms with Gasteiger partial charge in [0.2, 0.25) is 15.7 Å². The summed E-state index contributed by atoms with van der Waals surface area (Å²) < 4.78 is 67.5. The number of nitrogens with one attached hydrogen (secondary N) is 2. The number of benzene rings is 2. The fraction of sp³-hybridized carbons (Fsp3) is 0.231. The van der Waals surface area contributed by atoms with E-state index in [-0.39, 0.29) is 27.1 Å². The predicted molar refractivity (Wildman–Crippen MR) is 157 cm³/mol. The van der Waals surface area contributed by atoms with Crippen LogP contribution in [-0.4, -0.2) is 56.0 Å². The number of ether oxygens (including phenoxy) is 1. The van der Waals surface area contributed by atoms with Gasteiger partial charge in [-0.1, -0.05) is 18.2 Å². The van der Waals surface area contributed by atoms with Gasteiger partial charge >= 0.3 is 18.1 Å². The molecule has 42 heavy (non-hydrogen) atoms. The smallest absolute Gasteiger partial charge is 0.386 e. The number of alkyl halides is 3. The zero-order valence-electron chi connectivity index (χ0n) is 22.0. The molecule has 0 saturated heterocycles. The Kier molecular flexibility index (Phi) is 10.9. The molecule has 0 bridgehead atoms. The molecule has 1 heterocycles. The van der Waals surface area contributed by atoms with Crippen molar-refractivity contribution in [2.45, 2.75) is 33.5 Å². The Morgan fingerprint density at radius 2 is 1.83 bits per heavy atom. The maximum atomic E-state index is 13.5. The lowest BCUT2D eigenvalue weighted by Crippen LogP contribution is -2.28. The van der Waals surface area contributed by atoms with Crippen LogP contribution in [0.15, 0.2) is 62.5 Å². The molecule has 9 nitrogen and oxygen atoms in total. The molecule has 0 saturated carbocycles. The van der Waals surface area contributed by atoms with E-state index >= 15 is 0 Å². The highest BCUT2D eigenvalue weighted by Crippen LogP contribution is 2.38. The van der Waals surface area contributed by atoms with E-state index in [1.165, 1.54) is 23.9 Å². The Morgan fingerprint density at radius 3 is 2.45 bits per heavy atom. The number of halogens is 3. The summed E-state index contributed by atoms with van der Waals surface area (Å²) in [5, 5.41) is 10.3. The van der Waals surface area contributed by atoms with E-state index < -0.39 is 40.3 Å². The third-order valence-electron chi connectivity index (χ3n) is 5.49. The number of esters is 2. The molecule has 0 atom stereocenters. The number of sulfone groups is 1. The Balaban J connectivity index is 1.65. The van der Waals surface area contributed by atoms with E-state index in [4.69, 9.17) is 11.1 Å². The maximum absolute atomic E-state index is 13.5. The molecule has 1 amide bonds. The number of thioether (sulfide) groups is 2. The average Bonchev–Trinajstić information content (AvgIpc) is 3.37. The first-order chi connectivity index (χ1) is 19.6. The predicted octanol–water partition coefficient (Wildman–Crippen LogP) is 5.26. The molecule has 2 aromatic carbocycles. The van der Waals surface area contributed by atoms with Crippen molar-refractivity contribution in [3.8, 4) is 11.1 Å². The van der Waals surface area contributed by atoms with Crippen LogP contribution in [-0.2, 0) is 29.0 Å². The van der Waals surface area contributed by atoms with Gasteiger partial charge in [0.25, 0.3) is 0 Å². The molecule has 4 N–H and O–H groups in total. The number of anilines is 1. The number of hydrogen-bond donors (Lipinski definition) is 3. The molecule has 0 radical (unpaired) electrons. The molecular formula is C26H24F3N3O6S4. The molecule has 3 rings (SSSR count). The third-order valence-corrected chi connectivity index (χ3v) is 10.8. The fourth-order valence-corrected chi connectivity index (χ4v) is 8.19. The number of rotatable bonds is 11. The minimum absolute atomic E-state index is 0.0332. The SMILES string of the molecule is CSc1sc(C(=N)N)cc1S(=O)(=O)c1cccc(-c2ccc(NC(=O)CSCCC(=O)OC(=O)C(F)(F)F)cc2C)c1. The standard InChI is InChI=1S/C26H24F3N3O6S4/c1-14-10-16(32-21(33)13-40-9-8-22(34)38-25(35)26(27,28)29)6-7-18(14)15-4-3-5-17(11-15)42(36,37)20-12-19(23(30)31)41-24(20)39-2/h3-7,10-12H,8-9,13H2,1-2H3,(H3,30,31)(H,32,33). The van der Waals surface area contributed by atoms with Crippen LogP contribution in [0.25, 0.3) is 11.1 Å². The summed E-state index contributed by atoms with van der Waals surface area (Å²) in [5.41, 5.74) is 8.12. The monoisotopic (exact) mass is 659 g/mol. The van der Waals surface area contributed by atoms with Gasteiger partial charge in [0.15, 0.2) is 0 Å². The van der Waals surface area contributed by atoms with Crippen molar-refractivity contribution in [1.29, 1.82) is 5.41 Å². The molecule has 0 aliphatic rings. The van der Waals surface area contributed by atoms with Gasteiger partial charge in [-0.25, -0.2) is 13.2 Å². The first kappa shape index (κ1) is 33.2. The van der Waals surface area contributed by atoms with Gasteiger partial charge in [0, 0.05) is 11.4 Å². The number of aryl methyl sites for hydroxylation is 1. The molecule has 0 aliphatic carbocycles. The van der Waals surface area contributed by atoms with Gasteiger partial charge in [0.1, 0.15) is 5.84 Å². The van der Waals surface area contributed by atoms with Crippen LogP contribution in [0.2, 0.25) is 0 Å². The lowest BCUT2D eigenvalue weighted by Gasteiger charge is -2.12. The minimum Gasteiger partial charge on any atom is -0.386 e. The summed E-state index contributed by atoms with van der Waals surface area (Å²) in [4.78, 5) is 34.8. The average molecular weight is 660 g/mol. The lowest BCUT2D eigenvalue weighted by atomic mass is 10.00. The van der Waals surface area contributed by atoms with Gasteiger partial charge in [-0.05, 0) is 60.2 Å². The van der Waals surface area contributed by atoms with Crippen molar-refractivity contribution >= 4 is 74.1 Å². The molecule has 1 aromatic heterocycles. The number of thiophene rings is 1. The van der Waals surface area contributed by atoms with Crippen LogP contribution < -0.4 is 11.1 Å². The zero-order chi connectivity index (χ0) is 31.2. The van der Waals surface area contributed by atoms with E-state index in [0.29, 0.717) is 20.3 Å². The number of nitrogens with two attached hydrogens (primary N) is 1. The second kappa shape index (κ2) is 13.8.